The van der Waals surface area contributed by atoms with Crippen molar-refractivity contribution in [3.63, 3.8) is 0 Å². The number of furan rings is 1. The fourth-order valence-corrected chi connectivity index (χ4v) is 10.4. The van der Waals surface area contributed by atoms with Crippen molar-refractivity contribution in [2.75, 3.05) is 0 Å². The zero-order chi connectivity index (χ0) is 44.7. The van der Waals surface area contributed by atoms with Crippen molar-refractivity contribution < 1.29 is 4.42 Å². The van der Waals surface area contributed by atoms with E-state index in [9.17, 15) is 0 Å². The molecule has 0 N–H and O–H groups in total. The summed E-state index contributed by atoms with van der Waals surface area (Å²) in [5.74, 6) is 1.81. The third kappa shape index (κ3) is 6.14. The van der Waals surface area contributed by atoms with Crippen molar-refractivity contribution in [3.8, 4) is 62.1 Å². The van der Waals surface area contributed by atoms with Gasteiger partial charge in [0, 0.05) is 43.8 Å². The summed E-state index contributed by atoms with van der Waals surface area (Å²) < 4.78 is 9.02. The second-order valence-electron chi connectivity index (χ2n) is 17.6. The highest BCUT2D eigenvalue weighted by Gasteiger charge is 2.23. The third-order valence-electron chi connectivity index (χ3n) is 13.6. The van der Waals surface area contributed by atoms with E-state index in [1.54, 1.807) is 0 Å². The van der Waals surface area contributed by atoms with E-state index in [-0.39, 0.29) is 0 Å². The molecule has 0 radical (unpaired) electrons. The Morgan fingerprint density at radius 2 is 0.824 bits per heavy atom. The summed E-state index contributed by atoms with van der Waals surface area (Å²) in [5.41, 5.74) is 12.1. The molecule has 11 aromatic carbocycles. The molecular formula is C63H38N4O. The smallest absolute Gasteiger partial charge is 0.164 e. The number of benzene rings is 11. The van der Waals surface area contributed by atoms with Crippen molar-refractivity contribution in [1.29, 1.82) is 0 Å². The first-order valence-electron chi connectivity index (χ1n) is 23.0. The van der Waals surface area contributed by atoms with Crippen LogP contribution in [-0.4, -0.2) is 19.5 Å². The molecule has 0 fully saturated rings. The van der Waals surface area contributed by atoms with Crippen LogP contribution in [0, 0.1) is 0 Å². The lowest BCUT2D eigenvalue weighted by atomic mass is 9.95. The van der Waals surface area contributed by atoms with Gasteiger partial charge in [0.25, 0.3) is 0 Å². The largest absolute Gasteiger partial charge is 0.456 e. The van der Waals surface area contributed by atoms with Gasteiger partial charge in [0.05, 0.1) is 16.7 Å². The molecule has 3 aromatic heterocycles. The van der Waals surface area contributed by atoms with Gasteiger partial charge >= 0.3 is 0 Å². The quantitative estimate of drug-likeness (QED) is 0.167. The molecule has 0 bridgehead atoms. The molecule has 0 amide bonds. The SMILES string of the molecule is c1ccc(-c2cccc3c2c2cc4ccccc4cc2n3-c2ccc(-c3nc(-c4ccc5ccccc5c4)nc(-c4ccc5ccccc5c4)n3)cc2-c2cccc3oc4ccccc4c23)cc1. The predicted octanol–water partition coefficient (Wildman–Crippen LogP) is 16.7. The van der Waals surface area contributed by atoms with Crippen molar-refractivity contribution in [2.24, 2.45) is 0 Å². The van der Waals surface area contributed by atoms with Gasteiger partial charge in [0.2, 0.25) is 0 Å². The summed E-state index contributed by atoms with van der Waals surface area (Å²) in [4.78, 5) is 15.9. The van der Waals surface area contributed by atoms with Crippen LogP contribution in [-0.2, 0) is 0 Å². The second kappa shape index (κ2) is 15.2. The summed E-state index contributed by atoms with van der Waals surface area (Å²) in [6.07, 6.45) is 0. The molecule has 14 aromatic rings. The number of fused-ring (bicyclic) bond motifs is 9. The zero-order valence-corrected chi connectivity index (χ0v) is 36.6. The fourth-order valence-electron chi connectivity index (χ4n) is 10.4. The van der Waals surface area contributed by atoms with Crippen LogP contribution in [0.15, 0.2) is 235 Å². The summed E-state index contributed by atoms with van der Waals surface area (Å²) in [5, 5.41) is 11.5. The summed E-state index contributed by atoms with van der Waals surface area (Å²) in [6.45, 7) is 0. The van der Waals surface area contributed by atoms with Crippen molar-refractivity contribution in [1.82, 2.24) is 19.5 Å². The average molecular weight is 867 g/mol. The van der Waals surface area contributed by atoms with E-state index in [0.29, 0.717) is 17.5 Å². The Morgan fingerprint density at radius 3 is 1.51 bits per heavy atom. The standard InChI is InChI=1S/C63H38N4O/c1-2-16-41(17-3-1)49-23-12-25-55-59(49)53-36-44-20-8-9-21-45(44)38-56(53)67(55)54-33-32-48(37-52(54)50-24-13-27-58-60(50)51-22-10-11-26-57(51)68-58)63-65-61(46-30-28-39-14-4-6-18-42(39)34-46)64-62(66-63)47-31-29-40-15-5-7-19-43(40)35-47/h1-38H. The number of aromatic nitrogens is 4. The molecule has 0 atom stereocenters. The van der Waals surface area contributed by atoms with Gasteiger partial charge in [-0.1, -0.05) is 170 Å². The number of nitrogens with zero attached hydrogens (tertiary/aromatic N) is 4. The molecule has 0 saturated heterocycles. The van der Waals surface area contributed by atoms with Crippen LogP contribution in [0.2, 0.25) is 0 Å². The Hall–Kier alpha value is -9.19. The Kier molecular flexibility index (Phi) is 8.52. The first-order chi connectivity index (χ1) is 33.7. The Labute approximate surface area is 390 Å². The topological polar surface area (TPSA) is 56.7 Å². The lowest BCUT2D eigenvalue weighted by Gasteiger charge is -2.17. The van der Waals surface area contributed by atoms with Crippen molar-refractivity contribution in [2.45, 2.75) is 0 Å². The molecule has 0 spiro atoms. The predicted molar refractivity (Wildman–Crippen MR) is 281 cm³/mol. The molecule has 68 heavy (non-hydrogen) atoms. The number of hydrogen-bond donors (Lipinski definition) is 0. The first-order valence-corrected chi connectivity index (χ1v) is 23.0. The summed E-state index contributed by atoms with van der Waals surface area (Å²) in [6, 6.07) is 81.9. The van der Waals surface area contributed by atoms with Crippen LogP contribution in [0.25, 0.3) is 138 Å². The van der Waals surface area contributed by atoms with Gasteiger partial charge < -0.3 is 8.98 Å². The lowest BCUT2D eigenvalue weighted by molar-refractivity contribution is 0.669. The minimum atomic E-state index is 0.586. The number of rotatable bonds is 6. The van der Waals surface area contributed by atoms with Gasteiger partial charge in [-0.05, 0) is 110 Å². The van der Waals surface area contributed by atoms with Crippen LogP contribution >= 0.6 is 0 Å². The maximum Gasteiger partial charge on any atom is 0.164 e. The van der Waals surface area contributed by atoms with Gasteiger partial charge in [-0.25, -0.2) is 15.0 Å². The van der Waals surface area contributed by atoms with E-state index in [1.165, 1.54) is 32.7 Å². The minimum Gasteiger partial charge on any atom is -0.456 e. The van der Waals surface area contributed by atoms with Crippen molar-refractivity contribution >= 4 is 76.1 Å². The normalized spacial score (nSPS) is 11.8. The maximum absolute atomic E-state index is 6.56. The van der Waals surface area contributed by atoms with E-state index in [1.807, 2.05) is 12.1 Å². The van der Waals surface area contributed by atoms with Gasteiger partial charge in [-0.2, -0.15) is 0 Å². The number of para-hydroxylation sites is 1. The molecule has 0 unspecified atom stereocenters. The molecule has 3 heterocycles. The maximum atomic E-state index is 6.56. The second-order valence-corrected chi connectivity index (χ2v) is 17.6. The highest BCUT2D eigenvalue weighted by molar-refractivity contribution is 6.20. The monoisotopic (exact) mass is 866 g/mol. The van der Waals surface area contributed by atoms with Crippen LogP contribution in [0.1, 0.15) is 0 Å². The van der Waals surface area contributed by atoms with Gasteiger partial charge in [0.1, 0.15) is 11.2 Å². The summed E-state index contributed by atoms with van der Waals surface area (Å²) in [7, 11) is 0. The van der Waals surface area contributed by atoms with E-state index >= 15 is 0 Å². The third-order valence-corrected chi connectivity index (χ3v) is 13.6. The average Bonchev–Trinajstić information content (AvgIpc) is 3.95. The molecule has 316 valence electrons. The molecular weight excluding hydrogens is 829 g/mol. The molecule has 5 heteroatoms. The van der Waals surface area contributed by atoms with E-state index in [0.717, 1.165) is 88.0 Å². The Morgan fingerprint density at radius 1 is 0.294 bits per heavy atom. The van der Waals surface area contributed by atoms with E-state index in [2.05, 4.69) is 223 Å². The van der Waals surface area contributed by atoms with Crippen LogP contribution in [0.3, 0.4) is 0 Å². The van der Waals surface area contributed by atoms with Crippen LogP contribution in [0.4, 0.5) is 0 Å². The molecule has 0 aliphatic carbocycles. The van der Waals surface area contributed by atoms with Crippen molar-refractivity contribution in [3.05, 3.63) is 231 Å². The molecule has 0 aliphatic rings. The zero-order valence-electron chi connectivity index (χ0n) is 36.6. The van der Waals surface area contributed by atoms with Gasteiger partial charge in [-0.3, -0.25) is 0 Å². The number of hydrogen-bond acceptors (Lipinski definition) is 4. The molecule has 0 saturated carbocycles. The van der Waals surface area contributed by atoms with E-state index in [4.69, 9.17) is 19.4 Å². The highest BCUT2D eigenvalue weighted by Crippen LogP contribution is 2.45. The lowest BCUT2D eigenvalue weighted by Crippen LogP contribution is -2.02. The fraction of sp³-hybridized carbons (Fsp3) is 0. The molecule has 0 aliphatic heterocycles. The van der Waals surface area contributed by atoms with Gasteiger partial charge in [-0.15, -0.1) is 0 Å². The minimum absolute atomic E-state index is 0.586. The molecule has 14 rings (SSSR count). The highest BCUT2D eigenvalue weighted by atomic mass is 16.3. The first kappa shape index (κ1) is 38.1. The Bertz CT molecular complexity index is 4240. The molecule has 5 nitrogen and oxygen atoms in total. The van der Waals surface area contributed by atoms with Gasteiger partial charge in [0.15, 0.2) is 17.5 Å². The Balaban J connectivity index is 1.07. The van der Waals surface area contributed by atoms with Crippen LogP contribution < -0.4 is 0 Å². The van der Waals surface area contributed by atoms with Crippen LogP contribution in [0.5, 0.6) is 0 Å². The summed E-state index contributed by atoms with van der Waals surface area (Å²) >= 11 is 0. The van der Waals surface area contributed by atoms with E-state index < -0.39 is 0 Å².